The summed E-state index contributed by atoms with van der Waals surface area (Å²) in [5.41, 5.74) is 0.427. The van der Waals surface area contributed by atoms with E-state index in [0.717, 1.165) is 22.9 Å². The van der Waals surface area contributed by atoms with Gasteiger partial charge in [0.1, 0.15) is 5.82 Å². The maximum atomic E-state index is 13.0. The van der Waals surface area contributed by atoms with Gasteiger partial charge in [0.15, 0.2) is 0 Å². The maximum absolute atomic E-state index is 13.0. The Hall–Kier alpha value is -3.43. The first-order valence-electron chi connectivity index (χ1n) is 9.13. The number of halogens is 1. The van der Waals surface area contributed by atoms with E-state index in [1.54, 1.807) is 12.1 Å². The molecule has 0 aliphatic rings. The van der Waals surface area contributed by atoms with Crippen LogP contribution in [-0.2, 0) is 20.0 Å². The van der Waals surface area contributed by atoms with Gasteiger partial charge in [-0.2, -0.15) is 0 Å². The van der Waals surface area contributed by atoms with Crippen LogP contribution in [0.25, 0.3) is 10.8 Å². The largest absolute Gasteiger partial charge is 0.280 e. The molecule has 0 aliphatic carbocycles. The summed E-state index contributed by atoms with van der Waals surface area (Å²) in [6.45, 7) is 0. The number of hydrogen-bond donors (Lipinski definition) is 2. The van der Waals surface area contributed by atoms with Gasteiger partial charge in [0.2, 0.25) is 0 Å². The number of rotatable bonds is 6. The molecule has 9 heteroatoms. The summed E-state index contributed by atoms with van der Waals surface area (Å²) in [6.07, 6.45) is 0. The maximum Gasteiger partial charge on any atom is 0.261 e. The number of fused-ring (bicyclic) bond motifs is 1. The second-order valence-electron chi connectivity index (χ2n) is 6.75. The van der Waals surface area contributed by atoms with Crippen LogP contribution in [0.1, 0.15) is 0 Å². The van der Waals surface area contributed by atoms with E-state index >= 15 is 0 Å². The van der Waals surface area contributed by atoms with Crippen LogP contribution in [0.15, 0.2) is 101 Å². The summed E-state index contributed by atoms with van der Waals surface area (Å²) in [4.78, 5) is 0.0337. The van der Waals surface area contributed by atoms with Crippen LogP contribution in [0.3, 0.4) is 0 Å². The Bertz CT molecular complexity index is 1450. The van der Waals surface area contributed by atoms with Crippen molar-refractivity contribution < 1.29 is 21.2 Å². The SMILES string of the molecule is O=S(=O)(Nc1ccc(F)cc1)c1ccc(NS(=O)(=O)c2ccc3ccccc3c2)cc1. The number of sulfonamides is 2. The van der Waals surface area contributed by atoms with Gasteiger partial charge in [0.25, 0.3) is 20.0 Å². The fraction of sp³-hybridized carbons (Fsp3) is 0. The van der Waals surface area contributed by atoms with Crippen LogP contribution in [-0.4, -0.2) is 16.8 Å². The smallest absolute Gasteiger partial charge is 0.261 e. The van der Waals surface area contributed by atoms with Crippen LogP contribution >= 0.6 is 0 Å². The van der Waals surface area contributed by atoms with Crippen molar-refractivity contribution in [3.63, 3.8) is 0 Å². The van der Waals surface area contributed by atoms with Crippen molar-refractivity contribution in [2.45, 2.75) is 9.79 Å². The van der Waals surface area contributed by atoms with E-state index in [4.69, 9.17) is 0 Å². The first kappa shape index (κ1) is 20.8. The highest BCUT2D eigenvalue weighted by Crippen LogP contribution is 2.23. The molecule has 0 amide bonds. The van der Waals surface area contributed by atoms with Crippen LogP contribution < -0.4 is 9.44 Å². The second kappa shape index (κ2) is 8.01. The molecule has 0 aromatic heterocycles. The minimum atomic E-state index is -3.91. The molecule has 0 radical (unpaired) electrons. The van der Waals surface area contributed by atoms with Crippen molar-refractivity contribution in [2.75, 3.05) is 9.44 Å². The molecular formula is C22H17FN2O4S2. The molecular weight excluding hydrogens is 439 g/mol. The van der Waals surface area contributed by atoms with Crippen LogP contribution in [0.5, 0.6) is 0 Å². The predicted octanol–water partition coefficient (Wildman–Crippen LogP) is 4.58. The Morgan fingerprint density at radius 1 is 0.548 bits per heavy atom. The molecule has 0 fully saturated rings. The standard InChI is InChI=1S/C22H17FN2O4S2/c23-18-6-8-19(9-7-18)24-30(26,27)21-13-10-20(11-14-21)25-31(28,29)22-12-5-16-3-1-2-4-17(16)15-22/h1-15,24-25H. The molecule has 0 unspecified atom stereocenters. The monoisotopic (exact) mass is 456 g/mol. The van der Waals surface area contributed by atoms with Gasteiger partial charge in [-0.3, -0.25) is 9.44 Å². The Balaban J connectivity index is 1.53. The van der Waals surface area contributed by atoms with Crippen molar-refractivity contribution in [1.29, 1.82) is 0 Å². The van der Waals surface area contributed by atoms with Crippen LogP contribution in [0.2, 0.25) is 0 Å². The Morgan fingerprint density at radius 3 is 1.65 bits per heavy atom. The molecule has 6 nitrogen and oxygen atoms in total. The number of benzene rings is 4. The highest BCUT2D eigenvalue weighted by Gasteiger charge is 2.17. The molecule has 0 aliphatic heterocycles. The van der Waals surface area contributed by atoms with Gasteiger partial charge in [0.05, 0.1) is 9.79 Å². The van der Waals surface area contributed by atoms with Gasteiger partial charge in [-0.25, -0.2) is 21.2 Å². The molecule has 31 heavy (non-hydrogen) atoms. The molecule has 4 aromatic carbocycles. The minimum absolute atomic E-state index is 0.0644. The van der Waals surface area contributed by atoms with Gasteiger partial charge in [-0.15, -0.1) is 0 Å². The lowest BCUT2D eigenvalue weighted by molar-refractivity contribution is 0.600. The van der Waals surface area contributed by atoms with Gasteiger partial charge in [-0.05, 0) is 71.4 Å². The van der Waals surface area contributed by atoms with Crippen molar-refractivity contribution in [3.05, 3.63) is 96.8 Å². The number of nitrogens with one attached hydrogen (secondary N) is 2. The van der Waals surface area contributed by atoms with Gasteiger partial charge in [-0.1, -0.05) is 30.3 Å². The van der Waals surface area contributed by atoms with Crippen molar-refractivity contribution in [3.8, 4) is 0 Å². The first-order chi connectivity index (χ1) is 14.7. The van der Waals surface area contributed by atoms with E-state index in [-0.39, 0.29) is 21.2 Å². The number of anilines is 2. The fourth-order valence-corrected chi connectivity index (χ4v) is 5.13. The zero-order chi connectivity index (χ0) is 22.1. The van der Waals surface area contributed by atoms with Crippen LogP contribution in [0, 0.1) is 5.82 Å². The third-order valence-corrected chi connectivity index (χ3v) is 7.32. The average Bonchev–Trinajstić information content (AvgIpc) is 2.75. The van der Waals surface area contributed by atoms with Crippen LogP contribution in [0.4, 0.5) is 15.8 Å². The molecule has 0 atom stereocenters. The zero-order valence-corrected chi connectivity index (χ0v) is 17.6. The first-order valence-corrected chi connectivity index (χ1v) is 12.1. The molecule has 2 N–H and O–H groups in total. The summed E-state index contributed by atoms with van der Waals surface area (Å²) >= 11 is 0. The van der Waals surface area contributed by atoms with Gasteiger partial charge < -0.3 is 0 Å². The summed E-state index contributed by atoms with van der Waals surface area (Å²) in [7, 11) is -7.77. The Labute approximate surface area is 179 Å². The van der Waals surface area contributed by atoms with E-state index in [9.17, 15) is 21.2 Å². The van der Waals surface area contributed by atoms with E-state index in [2.05, 4.69) is 9.44 Å². The topological polar surface area (TPSA) is 92.3 Å². The molecule has 0 bridgehead atoms. The Kier molecular flexibility index (Phi) is 5.38. The van der Waals surface area contributed by atoms with Gasteiger partial charge >= 0.3 is 0 Å². The predicted molar refractivity (Wildman–Crippen MR) is 118 cm³/mol. The molecule has 4 rings (SSSR count). The minimum Gasteiger partial charge on any atom is -0.280 e. The van der Waals surface area contributed by atoms with Crippen molar-refractivity contribution >= 4 is 42.2 Å². The zero-order valence-electron chi connectivity index (χ0n) is 16.0. The third kappa shape index (κ3) is 4.68. The van der Waals surface area contributed by atoms with Crippen molar-refractivity contribution in [1.82, 2.24) is 0 Å². The quantitative estimate of drug-likeness (QED) is 0.444. The summed E-state index contributed by atoms with van der Waals surface area (Å²) in [6, 6.07) is 22.4. The van der Waals surface area contributed by atoms with E-state index < -0.39 is 25.9 Å². The van der Waals surface area contributed by atoms with E-state index in [0.29, 0.717) is 0 Å². The normalized spacial score (nSPS) is 11.9. The van der Waals surface area contributed by atoms with Gasteiger partial charge in [0, 0.05) is 11.4 Å². The second-order valence-corrected chi connectivity index (χ2v) is 10.1. The van der Waals surface area contributed by atoms with Crippen molar-refractivity contribution in [2.24, 2.45) is 0 Å². The molecule has 4 aromatic rings. The molecule has 158 valence electrons. The third-order valence-electron chi connectivity index (χ3n) is 4.54. The highest BCUT2D eigenvalue weighted by atomic mass is 32.2. The Morgan fingerprint density at radius 2 is 1.03 bits per heavy atom. The fourth-order valence-electron chi connectivity index (χ4n) is 2.98. The summed E-state index contributed by atoms with van der Waals surface area (Å²) < 4.78 is 68.2. The summed E-state index contributed by atoms with van der Waals surface area (Å²) in [5, 5.41) is 1.71. The molecule has 0 spiro atoms. The summed E-state index contributed by atoms with van der Waals surface area (Å²) in [5.74, 6) is -0.481. The molecule has 0 heterocycles. The lowest BCUT2D eigenvalue weighted by atomic mass is 10.1. The highest BCUT2D eigenvalue weighted by molar-refractivity contribution is 7.93. The molecule has 0 saturated carbocycles. The molecule has 0 saturated heterocycles. The average molecular weight is 457 g/mol. The van der Waals surface area contributed by atoms with E-state index in [1.807, 2.05) is 24.3 Å². The van der Waals surface area contributed by atoms with E-state index in [1.165, 1.54) is 42.5 Å². The lowest BCUT2D eigenvalue weighted by Gasteiger charge is -2.11. The number of hydrogen-bond acceptors (Lipinski definition) is 4. The lowest BCUT2D eigenvalue weighted by Crippen LogP contribution is -2.14.